The monoisotopic (exact) mass is 237 g/mol. The molecule has 0 spiro atoms. The van der Waals surface area contributed by atoms with Gasteiger partial charge < -0.3 is 10.3 Å². The maximum atomic E-state index is 5.43. The van der Waals surface area contributed by atoms with Crippen LogP contribution in [-0.2, 0) is 6.42 Å². The van der Waals surface area contributed by atoms with Crippen LogP contribution in [0.2, 0.25) is 0 Å². The van der Waals surface area contributed by atoms with Crippen molar-refractivity contribution in [1.29, 1.82) is 0 Å². The summed E-state index contributed by atoms with van der Waals surface area (Å²) in [5.74, 6) is 1.36. The molecule has 0 saturated carbocycles. The number of nitrogens with zero attached hydrogens (tertiary/aromatic N) is 2. The molecule has 0 aromatic carbocycles. The maximum Gasteiger partial charge on any atom is 0.268 e. The van der Waals surface area contributed by atoms with E-state index < -0.39 is 0 Å². The molecule has 0 saturated heterocycles. The number of aromatic nitrogens is 2. The first-order valence-electron chi connectivity index (χ1n) is 5.30. The highest BCUT2D eigenvalue weighted by Crippen LogP contribution is 2.29. The predicted octanol–water partition coefficient (Wildman–Crippen LogP) is 2.31. The van der Waals surface area contributed by atoms with Gasteiger partial charge in [0.15, 0.2) is 5.82 Å². The lowest BCUT2D eigenvalue weighted by Gasteiger charge is -1.88. The highest BCUT2D eigenvalue weighted by molar-refractivity contribution is 7.15. The van der Waals surface area contributed by atoms with Gasteiger partial charge in [-0.2, -0.15) is 4.98 Å². The standard InChI is InChI=1S/C11H15N3OS/c1-7-6-9(16-8(7)2)11-13-10(14-15-11)4-3-5-12/h6H,3-5,12H2,1-2H3. The molecule has 0 aliphatic carbocycles. The summed E-state index contributed by atoms with van der Waals surface area (Å²) in [4.78, 5) is 6.68. The second kappa shape index (κ2) is 4.76. The van der Waals surface area contributed by atoms with Crippen molar-refractivity contribution in [2.75, 3.05) is 6.54 Å². The highest BCUT2D eigenvalue weighted by atomic mass is 32.1. The molecular formula is C11H15N3OS. The van der Waals surface area contributed by atoms with Crippen molar-refractivity contribution in [3.8, 4) is 10.8 Å². The predicted molar refractivity (Wildman–Crippen MR) is 64.5 cm³/mol. The number of thiophene rings is 1. The van der Waals surface area contributed by atoms with Crippen LogP contribution in [0, 0.1) is 13.8 Å². The van der Waals surface area contributed by atoms with E-state index in [0.717, 1.165) is 23.5 Å². The smallest absolute Gasteiger partial charge is 0.268 e. The fourth-order valence-corrected chi connectivity index (χ4v) is 2.35. The van der Waals surface area contributed by atoms with Gasteiger partial charge in [-0.05, 0) is 38.4 Å². The van der Waals surface area contributed by atoms with Crippen molar-refractivity contribution in [3.05, 3.63) is 22.3 Å². The van der Waals surface area contributed by atoms with Gasteiger partial charge in [0.25, 0.3) is 5.89 Å². The molecule has 2 heterocycles. The molecule has 86 valence electrons. The van der Waals surface area contributed by atoms with Crippen LogP contribution < -0.4 is 5.73 Å². The van der Waals surface area contributed by atoms with Crippen LogP contribution in [0.1, 0.15) is 22.7 Å². The van der Waals surface area contributed by atoms with Crippen molar-refractivity contribution in [1.82, 2.24) is 10.1 Å². The summed E-state index contributed by atoms with van der Waals surface area (Å²) in [6.45, 7) is 4.83. The Hall–Kier alpha value is -1.20. The van der Waals surface area contributed by atoms with Gasteiger partial charge in [-0.25, -0.2) is 0 Å². The van der Waals surface area contributed by atoms with E-state index in [9.17, 15) is 0 Å². The molecule has 4 nitrogen and oxygen atoms in total. The van der Waals surface area contributed by atoms with Gasteiger partial charge in [0.05, 0.1) is 4.88 Å². The number of hydrogen-bond acceptors (Lipinski definition) is 5. The Labute approximate surface area is 98.5 Å². The molecule has 0 bridgehead atoms. The largest absolute Gasteiger partial charge is 0.333 e. The minimum Gasteiger partial charge on any atom is -0.333 e. The van der Waals surface area contributed by atoms with Crippen LogP contribution >= 0.6 is 11.3 Å². The lowest BCUT2D eigenvalue weighted by Crippen LogP contribution is -2.01. The van der Waals surface area contributed by atoms with Crippen LogP contribution in [-0.4, -0.2) is 16.7 Å². The van der Waals surface area contributed by atoms with E-state index in [-0.39, 0.29) is 0 Å². The Bertz CT molecular complexity index is 456. The van der Waals surface area contributed by atoms with Crippen molar-refractivity contribution in [2.24, 2.45) is 5.73 Å². The topological polar surface area (TPSA) is 64.9 Å². The highest BCUT2D eigenvalue weighted by Gasteiger charge is 2.11. The molecule has 0 fully saturated rings. The van der Waals surface area contributed by atoms with E-state index >= 15 is 0 Å². The van der Waals surface area contributed by atoms with Crippen molar-refractivity contribution in [3.63, 3.8) is 0 Å². The molecule has 2 N–H and O–H groups in total. The minimum atomic E-state index is 0.619. The molecule has 0 atom stereocenters. The van der Waals surface area contributed by atoms with Crippen molar-refractivity contribution in [2.45, 2.75) is 26.7 Å². The average Bonchev–Trinajstić information content (AvgIpc) is 2.84. The summed E-state index contributed by atoms with van der Waals surface area (Å²) in [6.07, 6.45) is 1.67. The van der Waals surface area contributed by atoms with Crippen molar-refractivity contribution >= 4 is 11.3 Å². The molecule has 0 radical (unpaired) electrons. The first-order chi connectivity index (χ1) is 7.70. The second-order valence-electron chi connectivity index (χ2n) is 3.76. The lowest BCUT2D eigenvalue weighted by atomic mass is 10.3. The van der Waals surface area contributed by atoms with Gasteiger partial charge in [-0.15, -0.1) is 11.3 Å². The summed E-state index contributed by atoms with van der Waals surface area (Å²) in [5, 5.41) is 3.93. The molecular weight excluding hydrogens is 222 g/mol. The van der Waals surface area contributed by atoms with E-state index in [2.05, 4.69) is 30.1 Å². The molecule has 16 heavy (non-hydrogen) atoms. The number of nitrogens with two attached hydrogens (primary N) is 1. The van der Waals surface area contributed by atoms with Crippen LogP contribution in [0.3, 0.4) is 0 Å². The fraction of sp³-hybridized carbons (Fsp3) is 0.455. The van der Waals surface area contributed by atoms with Crippen molar-refractivity contribution < 1.29 is 4.52 Å². The van der Waals surface area contributed by atoms with Gasteiger partial charge in [0, 0.05) is 11.3 Å². The summed E-state index contributed by atoms with van der Waals surface area (Å²) in [6, 6.07) is 2.08. The summed E-state index contributed by atoms with van der Waals surface area (Å²) < 4.78 is 5.22. The normalized spacial score (nSPS) is 10.9. The third kappa shape index (κ3) is 2.31. The van der Waals surface area contributed by atoms with E-state index in [0.29, 0.717) is 12.4 Å². The van der Waals surface area contributed by atoms with E-state index in [1.807, 2.05) is 0 Å². The molecule has 0 amide bonds. The summed E-state index contributed by atoms with van der Waals surface area (Å²) >= 11 is 1.68. The zero-order valence-electron chi connectivity index (χ0n) is 9.49. The Morgan fingerprint density at radius 2 is 2.25 bits per heavy atom. The van der Waals surface area contributed by atoms with Crippen LogP contribution in [0.15, 0.2) is 10.6 Å². The SMILES string of the molecule is Cc1cc(-c2nc(CCCN)no2)sc1C. The quantitative estimate of drug-likeness (QED) is 0.886. The third-order valence-corrected chi connectivity index (χ3v) is 3.59. The van der Waals surface area contributed by atoms with Gasteiger partial charge in [-0.1, -0.05) is 5.16 Å². The van der Waals surface area contributed by atoms with Gasteiger partial charge in [0.1, 0.15) is 0 Å². The van der Waals surface area contributed by atoms with Gasteiger partial charge >= 0.3 is 0 Å². The molecule has 0 aliphatic rings. The van der Waals surface area contributed by atoms with Gasteiger partial charge in [-0.3, -0.25) is 0 Å². The zero-order valence-corrected chi connectivity index (χ0v) is 10.3. The van der Waals surface area contributed by atoms with E-state index in [1.54, 1.807) is 11.3 Å². The first-order valence-corrected chi connectivity index (χ1v) is 6.12. The Kier molecular flexibility index (Phi) is 3.36. The Morgan fingerprint density at radius 1 is 1.44 bits per heavy atom. The lowest BCUT2D eigenvalue weighted by molar-refractivity contribution is 0.422. The molecule has 2 rings (SSSR count). The van der Waals surface area contributed by atoms with E-state index in [4.69, 9.17) is 10.3 Å². The third-order valence-electron chi connectivity index (χ3n) is 2.45. The van der Waals surface area contributed by atoms with Crippen LogP contribution in [0.4, 0.5) is 0 Å². The molecule has 2 aromatic rings. The molecule has 5 heteroatoms. The van der Waals surface area contributed by atoms with Crippen LogP contribution in [0.25, 0.3) is 10.8 Å². The minimum absolute atomic E-state index is 0.619. The average molecular weight is 237 g/mol. The number of rotatable bonds is 4. The number of hydrogen-bond donors (Lipinski definition) is 1. The maximum absolute atomic E-state index is 5.43. The van der Waals surface area contributed by atoms with E-state index in [1.165, 1.54) is 10.4 Å². The zero-order chi connectivity index (χ0) is 11.5. The molecule has 0 aliphatic heterocycles. The molecule has 2 aromatic heterocycles. The Morgan fingerprint density at radius 3 is 2.88 bits per heavy atom. The van der Waals surface area contributed by atoms with Gasteiger partial charge in [0.2, 0.25) is 0 Å². The second-order valence-corrected chi connectivity index (χ2v) is 5.01. The summed E-state index contributed by atoms with van der Waals surface area (Å²) in [7, 11) is 0. The number of aryl methyl sites for hydroxylation is 3. The molecule has 0 unspecified atom stereocenters. The van der Waals surface area contributed by atoms with Crippen LogP contribution in [0.5, 0.6) is 0 Å². The fourth-order valence-electron chi connectivity index (χ4n) is 1.39. The Balaban J connectivity index is 2.18. The summed E-state index contributed by atoms with van der Waals surface area (Å²) in [5.41, 5.74) is 6.70. The first kappa shape index (κ1) is 11.3.